The summed E-state index contributed by atoms with van der Waals surface area (Å²) < 4.78 is 0. The molecule has 1 aliphatic heterocycles. The summed E-state index contributed by atoms with van der Waals surface area (Å²) in [6.45, 7) is 10.2. The molecule has 0 unspecified atom stereocenters. The zero-order chi connectivity index (χ0) is 45.6. The number of nitriles is 1. The zero-order valence-electron chi connectivity index (χ0n) is 38.6. The van der Waals surface area contributed by atoms with Crippen LogP contribution in [0.5, 0.6) is 0 Å². The molecule has 11 aromatic carbocycles. The zero-order valence-corrected chi connectivity index (χ0v) is 38.6. The maximum Gasteiger partial charge on any atom is 0.0998 e. The van der Waals surface area contributed by atoms with E-state index in [2.05, 4.69) is 227 Å². The first-order valence-electron chi connectivity index (χ1n) is 23.9. The van der Waals surface area contributed by atoms with Crippen molar-refractivity contribution in [2.24, 2.45) is 0 Å². The molecular weight excluding hydrogens is 821 g/mol. The highest BCUT2D eigenvalue weighted by atomic mass is 15.1. The van der Waals surface area contributed by atoms with Gasteiger partial charge < -0.3 is 4.90 Å². The molecule has 0 amide bonds. The molecule has 0 radical (unpaired) electrons. The first kappa shape index (κ1) is 39.0. The van der Waals surface area contributed by atoms with Crippen molar-refractivity contribution in [3.63, 3.8) is 0 Å². The minimum Gasteiger partial charge on any atom is -0.336 e. The van der Waals surface area contributed by atoms with Gasteiger partial charge in [-0.3, -0.25) is 0 Å². The van der Waals surface area contributed by atoms with E-state index in [1.807, 2.05) is 6.07 Å². The van der Waals surface area contributed by atoms with Crippen molar-refractivity contribution >= 4 is 54.5 Å². The number of anilines is 2. The third-order valence-electron chi connectivity index (χ3n) is 16.1. The standard InChI is InChI=1S/C66H46N2/c1-65(2)56-20-12-10-16-47(56)49-27-25-40(35-58(49)65)61-51-18-8-9-19-52(51)62(41-26-28-50-48-17-11-13-21-57(48)66(3,4)59(50)36-41)55-34-39(24-29-54(55)61)45-32-33-60-64-53(45)31-30-46-42(37-67)22-23-43(63(46)64)38-68(60)44-14-6-5-7-15-44/h5-36H,38H2,1-4H3. The van der Waals surface area contributed by atoms with E-state index in [1.54, 1.807) is 0 Å². The third-order valence-corrected chi connectivity index (χ3v) is 16.1. The molecule has 2 aliphatic carbocycles. The van der Waals surface area contributed by atoms with Crippen LogP contribution in [0.15, 0.2) is 194 Å². The van der Waals surface area contributed by atoms with Crippen LogP contribution >= 0.6 is 0 Å². The van der Waals surface area contributed by atoms with Crippen molar-refractivity contribution in [3.05, 3.63) is 228 Å². The van der Waals surface area contributed by atoms with Gasteiger partial charge in [0.1, 0.15) is 0 Å². The molecule has 0 spiro atoms. The van der Waals surface area contributed by atoms with Crippen LogP contribution in [-0.2, 0) is 17.4 Å². The number of nitrogens with zero attached hydrogens (tertiary/aromatic N) is 2. The highest BCUT2D eigenvalue weighted by Crippen LogP contribution is 2.54. The summed E-state index contributed by atoms with van der Waals surface area (Å²) in [5.41, 5.74) is 22.2. The van der Waals surface area contributed by atoms with Crippen LogP contribution in [-0.4, -0.2) is 0 Å². The van der Waals surface area contributed by atoms with Crippen LogP contribution in [0.4, 0.5) is 11.4 Å². The lowest BCUT2D eigenvalue weighted by atomic mass is 9.79. The largest absolute Gasteiger partial charge is 0.336 e. The van der Waals surface area contributed by atoms with Gasteiger partial charge in [0.05, 0.1) is 11.6 Å². The second-order valence-corrected chi connectivity index (χ2v) is 20.3. The fraction of sp³-hybridized carbons (Fsp3) is 0.106. The maximum absolute atomic E-state index is 10.3. The van der Waals surface area contributed by atoms with Crippen LogP contribution in [0.2, 0.25) is 0 Å². The van der Waals surface area contributed by atoms with Crippen LogP contribution in [0.25, 0.3) is 98.7 Å². The Labute approximate surface area is 397 Å². The molecule has 2 heteroatoms. The van der Waals surface area contributed by atoms with Crippen molar-refractivity contribution in [2.45, 2.75) is 45.1 Å². The fourth-order valence-corrected chi connectivity index (χ4v) is 12.8. The predicted molar refractivity (Wildman–Crippen MR) is 285 cm³/mol. The second kappa shape index (κ2) is 13.9. The van der Waals surface area contributed by atoms with Gasteiger partial charge in [0.2, 0.25) is 0 Å². The highest BCUT2D eigenvalue weighted by Gasteiger charge is 2.37. The quantitative estimate of drug-likeness (QED) is 0.130. The number of para-hydroxylation sites is 1. The molecule has 3 aliphatic rings. The molecule has 11 aromatic rings. The Balaban J connectivity index is 1.06. The third kappa shape index (κ3) is 5.22. The minimum absolute atomic E-state index is 0.126. The molecule has 320 valence electrons. The Morgan fingerprint density at radius 2 is 0.912 bits per heavy atom. The summed E-state index contributed by atoms with van der Waals surface area (Å²) in [5.74, 6) is 0. The van der Waals surface area contributed by atoms with E-state index in [0.29, 0.717) is 5.56 Å². The molecule has 14 rings (SSSR count). The van der Waals surface area contributed by atoms with Crippen molar-refractivity contribution in [1.29, 1.82) is 5.26 Å². The molecular formula is C66H46N2. The summed E-state index contributed by atoms with van der Waals surface area (Å²) >= 11 is 0. The lowest BCUT2D eigenvalue weighted by molar-refractivity contribution is 0.660. The molecule has 0 fully saturated rings. The minimum atomic E-state index is -0.139. The van der Waals surface area contributed by atoms with Crippen molar-refractivity contribution in [3.8, 4) is 61.7 Å². The molecule has 0 N–H and O–H groups in total. The van der Waals surface area contributed by atoms with Gasteiger partial charge in [-0.05, 0) is 158 Å². The van der Waals surface area contributed by atoms with E-state index in [-0.39, 0.29) is 10.8 Å². The molecule has 1 heterocycles. The van der Waals surface area contributed by atoms with Crippen molar-refractivity contribution in [2.75, 3.05) is 4.90 Å². The van der Waals surface area contributed by atoms with Crippen molar-refractivity contribution in [1.82, 2.24) is 0 Å². The average molecular weight is 867 g/mol. The number of rotatable bonds is 4. The first-order chi connectivity index (χ1) is 33.2. The van der Waals surface area contributed by atoms with Crippen LogP contribution < -0.4 is 4.90 Å². The predicted octanol–water partition coefficient (Wildman–Crippen LogP) is 17.4. The Morgan fingerprint density at radius 1 is 0.397 bits per heavy atom. The number of hydrogen-bond acceptors (Lipinski definition) is 2. The molecule has 2 nitrogen and oxygen atoms in total. The Bertz CT molecular complexity index is 4070. The number of hydrogen-bond donors (Lipinski definition) is 0. The maximum atomic E-state index is 10.3. The Morgan fingerprint density at radius 3 is 1.56 bits per heavy atom. The van der Waals surface area contributed by atoms with E-state index in [4.69, 9.17) is 0 Å². The van der Waals surface area contributed by atoms with Gasteiger partial charge in [0.25, 0.3) is 0 Å². The van der Waals surface area contributed by atoms with Crippen LogP contribution in [0.3, 0.4) is 0 Å². The van der Waals surface area contributed by atoms with E-state index >= 15 is 0 Å². The highest BCUT2D eigenvalue weighted by molar-refractivity contribution is 6.24. The van der Waals surface area contributed by atoms with Gasteiger partial charge in [0.15, 0.2) is 0 Å². The van der Waals surface area contributed by atoms with Crippen LogP contribution in [0.1, 0.15) is 61.1 Å². The number of benzene rings is 11. The SMILES string of the molecule is CC1(C)c2ccccc2-c2ccc(-c3c4ccccc4c(-c4ccc5c(c4)C(C)(C)c4ccccc4-5)c4cc(-c5ccc6c7c5ccc5c(C#N)ccc(c57)CN6c5ccccc5)ccc34)cc21. The lowest BCUT2D eigenvalue weighted by Crippen LogP contribution is -2.20. The molecule has 0 bridgehead atoms. The molecule has 0 saturated carbocycles. The molecule has 0 saturated heterocycles. The van der Waals surface area contributed by atoms with Gasteiger partial charge in [0, 0.05) is 39.5 Å². The number of fused-ring (bicyclic) bond motifs is 8. The van der Waals surface area contributed by atoms with Gasteiger partial charge >= 0.3 is 0 Å². The summed E-state index contributed by atoms with van der Waals surface area (Å²) in [6.07, 6.45) is 0. The topological polar surface area (TPSA) is 27.0 Å². The first-order valence-corrected chi connectivity index (χ1v) is 23.9. The van der Waals surface area contributed by atoms with Gasteiger partial charge in [-0.15, -0.1) is 0 Å². The summed E-state index contributed by atoms with van der Waals surface area (Å²) in [4.78, 5) is 2.43. The smallest absolute Gasteiger partial charge is 0.0998 e. The van der Waals surface area contributed by atoms with Crippen LogP contribution in [0, 0.1) is 11.3 Å². The lowest BCUT2D eigenvalue weighted by Gasteiger charge is -2.32. The van der Waals surface area contributed by atoms with E-state index in [1.165, 1.54) is 127 Å². The fourth-order valence-electron chi connectivity index (χ4n) is 12.8. The summed E-state index contributed by atoms with van der Waals surface area (Å²) in [5, 5.41) is 19.9. The normalized spacial score (nSPS) is 14.6. The average Bonchev–Trinajstić information content (AvgIpc) is 3.75. The molecule has 0 aromatic heterocycles. The van der Waals surface area contributed by atoms with E-state index in [0.717, 1.165) is 17.6 Å². The van der Waals surface area contributed by atoms with Gasteiger partial charge in [-0.2, -0.15) is 5.26 Å². The van der Waals surface area contributed by atoms with E-state index < -0.39 is 0 Å². The summed E-state index contributed by atoms with van der Waals surface area (Å²) in [6, 6.07) is 75.1. The Kier molecular flexibility index (Phi) is 7.96. The second-order valence-electron chi connectivity index (χ2n) is 20.3. The molecule has 68 heavy (non-hydrogen) atoms. The monoisotopic (exact) mass is 866 g/mol. The van der Waals surface area contributed by atoms with E-state index in [9.17, 15) is 5.26 Å². The van der Waals surface area contributed by atoms with Gasteiger partial charge in [-0.1, -0.05) is 179 Å². The summed E-state index contributed by atoms with van der Waals surface area (Å²) in [7, 11) is 0. The van der Waals surface area contributed by atoms with Crippen molar-refractivity contribution < 1.29 is 0 Å². The Hall–Kier alpha value is -8.25. The van der Waals surface area contributed by atoms with Gasteiger partial charge in [-0.25, -0.2) is 0 Å². The molecule has 0 atom stereocenters.